The Balaban J connectivity index is 1.61. The van der Waals surface area contributed by atoms with E-state index in [0.717, 1.165) is 6.04 Å². The number of hydrogen-bond donors (Lipinski definition) is 0. The second-order valence-corrected chi connectivity index (χ2v) is 6.46. The van der Waals surface area contributed by atoms with Crippen LogP contribution in [-0.4, -0.2) is 98.6 Å². The summed E-state index contributed by atoms with van der Waals surface area (Å²) in [4.78, 5) is 9.83. The van der Waals surface area contributed by atoms with Crippen LogP contribution in [0, 0.1) is 0 Å². The van der Waals surface area contributed by atoms with Crippen LogP contribution in [0.15, 0.2) is 0 Å². The molecule has 4 heteroatoms. The van der Waals surface area contributed by atoms with Crippen molar-refractivity contribution < 1.29 is 0 Å². The molecule has 0 N–H and O–H groups in total. The monoisotopic (exact) mass is 240 g/mol. The summed E-state index contributed by atoms with van der Waals surface area (Å²) in [7, 11) is 8.84. The van der Waals surface area contributed by atoms with E-state index in [0.29, 0.717) is 5.54 Å². The molecule has 0 aromatic carbocycles. The molecule has 0 bridgehead atoms. The fourth-order valence-corrected chi connectivity index (χ4v) is 2.78. The predicted octanol–water partition coefficient (Wildman–Crippen LogP) is -0.132. The lowest BCUT2D eigenvalue weighted by molar-refractivity contribution is -0.0251. The van der Waals surface area contributed by atoms with E-state index >= 15 is 0 Å². The third-order valence-corrected chi connectivity index (χ3v) is 4.65. The van der Waals surface area contributed by atoms with Crippen molar-refractivity contribution in [2.75, 3.05) is 67.5 Å². The maximum Gasteiger partial charge on any atom is 0.0429 e. The van der Waals surface area contributed by atoms with E-state index in [9.17, 15) is 0 Å². The first-order valence-corrected chi connectivity index (χ1v) is 6.69. The molecule has 0 aromatic rings. The van der Waals surface area contributed by atoms with Gasteiger partial charge in [0.1, 0.15) is 0 Å². The summed E-state index contributed by atoms with van der Waals surface area (Å²) in [5, 5.41) is 0. The maximum atomic E-state index is 2.57. The summed E-state index contributed by atoms with van der Waals surface area (Å²) in [6, 6.07) is 0.793. The van der Waals surface area contributed by atoms with Gasteiger partial charge < -0.3 is 9.80 Å². The Morgan fingerprint density at radius 2 is 1.76 bits per heavy atom. The summed E-state index contributed by atoms with van der Waals surface area (Å²) in [5.41, 5.74) is 0.412. The standard InChI is InChI=1S/C13H28N4/c1-13(14(2)3)10-17(11-13)7-6-16(5)12-8-15(4)9-12/h12H,6-11H2,1-5H3. The third-order valence-electron chi connectivity index (χ3n) is 4.65. The zero-order valence-electron chi connectivity index (χ0n) is 12.1. The quantitative estimate of drug-likeness (QED) is 0.663. The Bertz CT molecular complexity index is 254. The first-order valence-electron chi connectivity index (χ1n) is 6.69. The number of rotatable bonds is 5. The average Bonchev–Trinajstić information content (AvgIpc) is 2.17. The second-order valence-electron chi connectivity index (χ2n) is 6.46. The lowest BCUT2D eigenvalue weighted by Crippen LogP contribution is -2.67. The van der Waals surface area contributed by atoms with E-state index < -0.39 is 0 Å². The molecule has 2 aliphatic rings. The molecule has 2 rings (SSSR count). The third kappa shape index (κ3) is 2.81. The van der Waals surface area contributed by atoms with Gasteiger partial charge in [0.15, 0.2) is 0 Å². The van der Waals surface area contributed by atoms with Crippen molar-refractivity contribution in [2.24, 2.45) is 0 Å². The van der Waals surface area contributed by atoms with Crippen LogP contribution in [0.2, 0.25) is 0 Å². The van der Waals surface area contributed by atoms with Gasteiger partial charge >= 0.3 is 0 Å². The number of likely N-dealkylation sites (tertiary alicyclic amines) is 2. The van der Waals surface area contributed by atoms with E-state index in [-0.39, 0.29) is 0 Å². The van der Waals surface area contributed by atoms with Crippen LogP contribution in [0.5, 0.6) is 0 Å². The number of likely N-dealkylation sites (N-methyl/N-ethyl adjacent to an activating group) is 3. The van der Waals surface area contributed by atoms with E-state index in [4.69, 9.17) is 0 Å². The Morgan fingerprint density at radius 3 is 2.24 bits per heavy atom. The molecule has 0 radical (unpaired) electrons. The Kier molecular flexibility index (Phi) is 3.78. The van der Waals surface area contributed by atoms with Crippen LogP contribution in [0.4, 0.5) is 0 Å². The van der Waals surface area contributed by atoms with Gasteiger partial charge in [0, 0.05) is 50.8 Å². The molecule has 2 aliphatic heterocycles. The summed E-state index contributed by atoms with van der Waals surface area (Å²) in [6.07, 6.45) is 0. The normalized spacial score (nSPS) is 26.3. The minimum atomic E-state index is 0.412. The minimum absolute atomic E-state index is 0.412. The van der Waals surface area contributed by atoms with Crippen LogP contribution in [0.25, 0.3) is 0 Å². The van der Waals surface area contributed by atoms with E-state index in [1.165, 1.54) is 39.3 Å². The summed E-state index contributed by atoms with van der Waals surface area (Å²) < 4.78 is 0. The lowest BCUT2D eigenvalue weighted by atomic mass is 9.91. The van der Waals surface area contributed by atoms with Crippen LogP contribution in [-0.2, 0) is 0 Å². The Hall–Kier alpha value is -0.160. The molecule has 0 atom stereocenters. The van der Waals surface area contributed by atoms with Gasteiger partial charge in [-0.25, -0.2) is 0 Å². The van der Waals surface area contributed by atoms with Gasteiger partial charge in [-0.3, -0.25) is 9.80 Å². The van der Waals surface area contributed by atoms with Crippen molar-refractivity contribution in [1.29, 1.82) is 0 Å². The van der Waals surface area contributed by atoms with Gasteiger partial charge in [-0.15, -0.1) is 0 Å². The Morgan fingerprint density at radius 1 is 1.18 bits per heavy atom. The summed E-state index contributed by atoms with van der Waals surface area (Å²) in [5.74, 6) is 0. The van der Waals surface area contributed by atoms with E-state index in [1.807, 2.05) is 0 Å². The highest BCUT2D eigenvalue weighted by molar-refractivity contribution is 4.99. The summed E-state index contributed by atoms with van der Waals surface area (Å²) in [6.45, 7) is 9.71. The maximum absolute atomic E-state index is 2.57. The van der Waals surface area contributed by atoms with Crippen molar-refractivity contribution in [3.05, 3.63) is 0 Å². The van der Waals surface area contributed by atoms with Crippen molar-refractivity contribution >= 4 is 0 Å². The predicted molar refractivity (Wildman–Crippen MR) is 72.4 cm³/mol. The molecule has 2 fully saturated rings. The molecule has 4 nitrogen and oxygen atoms in total. The van der Waals surface area contributed by atoms with Gasteiger partial charge in [-0.2, -0.15) is 0 Å². The van der Waals surface area contributed by atoms with Crippen molar-refractivity contribution in [1.82, 2.24) is 19.6 Å². The molecule has 0 aliphatic carbocycles. The van der Waals surface area contributed by atoms with Crippen molar-refractivity contribution in [3.8, 4) is 0 Å². The molecule has 0 spiro atoms. The highest BCUT2D eigenvalue weighted by Gasteiger charge is 2.40. The van der Waals surface area contributed by atoms with Gasteiger partial charge in [-0.05, 0) is 35.1 Å². The van der Waals surface area contributed by atoms with Crippen LogP contribution >= 0.6 is 0 Å². The second kappa shape index (κ2) is 4.84. The van der Waals surface area contributed by atoms with Gasteiger partial charge in [0.25, 0.3) is 0 Å². The van der Waals surface area contributed by atoms with Crippen LogP contribution in [0.3, 0.4) is 0 Å². The fourth-order valence-electron chi connectivity index (χ4n) is 2.78. The molecule has 100 valence electrons. The van der Waals surface area contributed by atoms with E-state index in [1.54, 1.807) is 0 Å². The van der Waals surface area contributed by atoms with Gasteiger partial charge in [-0.1, -0.05) is 0 Å². The molecule has 0 amide bonds. The summed E-state index contributed by atoms with van der Waals surface area (Å²) >= 11 is 0. The Labute approximate surface area is 106 Å². The molecule has 0 saturated carbocycles. The molecular formula is C13H28N4. The molecular weight excluding hydrogens is 212 g/mol. The fraction of sp³-hybridized carbons (Fsp3) is 1.00. The topological polar surface area (TPSA) is 13.0 Å². The molecule has 2 saturated heterocycles. The highest BCUT2D eigenvalue weighted by Crippen LogP contribution is 2.24. The molecule has 17 heavy (non-hydrogen) atoms. The number of nitrogens with zero attached hydrogens (tertiary/aromatic N) is 4. The lowest BCUT2D eigenvalue weighted by Gasteiger charge is -2.52. The molecule has 2 heterocycles. The van der Waals surface area contributed by atoms with Crippen LogP contribution in [0.1, 0.15) is 6.92 Å². The number of hydrogen-bond acceptors (Lipinski definition) is 4. The van der Waals surface area contributed by atoms with Crippen molar-refractivity contribution in [2.45, 2.75) is 18.5 Å². The first kappa shape index (κ1) is 13.3. The van der Waals surface area contributed by atoms with Gasteiger partial charge in [0.2, 0.25) is 0 Å². The zero-order valence-corrected chi connectivity index (χ0v) is 12.1. The first-order chi connectivity index (χ1) is 7.90. The van der Waals surface area contributed by atoms with Gasteiger partial charge in [0.05, 0.1) is 0 Å². The highest BCUT2D eigenvalue weighted by atomic mass is 15.3. The van der Waals surface area contributed by atoms with Crippen molar-refractivity contribution in [3.63, 3.8) is 0 Å². The smallest absolute Gasteiger partial charge is 0.0429 e. The zero-order chi connectivity index (χ0) is 12.6. The SMILES string of the molecule is CN1CC(N(C)CCN2CC(C)(N(C)C)C2)C1. The van der Waals surface area contributed by atoms with Crippen LogP contribution < -0.4 is 0 Å². The minimum Gasteiger partial charge on any atom is -0.303 e. The molecule has 0 unspecified atom stereocenters. The molecule has 0 aromatic heterocycles. The largest absolute Gasteiger partial charge is 0.303 e. The van der Waals surface area contributed by atoms with E-state index in [2.05, 4.69) is 54.7 Å². The average molecular weight is 240 g/mol.